The van der Waals surface area contributed by atoms with Gasteiger partial charge in [0.05, 0.1) is 0 Å². The molecule has 0 saturated carbocycles. The molecule has 6 heteroatoms. The van der Waals surface area contributed by atoms with Gasteiger partial charge in [0.25, 0.3) is 5.91 Å². The zero-order valence-corrected chi connectivity index (χ0v) is 11.8. The van der Waals surface area contributed by atoms with Crippen LogP contribution in [0.4, 0.5) is 5.13 Å². The van der Waals surface area contributed by atoms with Gasteiger partial charge in [-0.1, -0.05) is 23.5 Å². The summed E-state index contributed by atoms with van der Waals surface area (Å²) in [6, 6.07) is 5.78. The Balaban J connectivity index is 2.02. The van der Waals surface area contributed by atoms with E-state index in [2.05, 4.69) is 15.5 Å². The smallest absolute Gasteiger partial charge is 0.266 e. The van der Waals surface area contributed by atoms with E-state index in [9.17, 15) is 4.79 Å². The Bertz CT molecular complexity index is 569. The predicted octanol–water partition coefficient (Wildman–Crippen LogP) is 2.56. The van der Waals surface area contributed by atoms with Crippen LogP contribution in [0.5, 0.6) is 5.75 Å². The van der Waals surface area contributed by atoms with Crippen LogP contribution >= 0.6 is 11.3 Å². The van der Waals surface area contributed by atoms with Gasteiger partial charge in [0.2, 0.25) is 5.13 Å². The molecule has 0 spiro atoms. The molecule has 1 aromatic carbocycles. The van der Waals surface area contributed by atoms with Crippen molar-refractivity contribution >= 4 is 22.4 Å². The van der Waals surface area contributed by atoms with Crippen molar-refractivity contribution in [3.63, 3.8) is 0 Å². The summed E-state index contributed by atoms with van der Waals surface area (Å²) in [5, 5.41) is 10.5. The molecule has 1 unspecified atom stereocenters. The Hall–Kier alpha value is -1.95. The lowest BCUT2D eigenvalue weighted by Crippen LogP contribution is -2.30. The number of aromatic nitrogens is 2. The van der Waals surface area contributed by atoms with Crippen LogP contribution in [-0.4, -0.2) is 22.2 Å². The van der Waals surface area contributed by atoms with Crippen LogP contribution < -0.4 is 10.1 Å². The van der Waals surface area contributed by atoms with Crippen molar-refractivity contribution in [2.24, 2.45) is 0 Å². The predicted molar refractivity (Wildman–Crippen MR) is 74.5 cm³/mol. The average molecular weight is 277 g/mol. The largest absolute Gasteiger partial charge is 0.481 e. The third-order valence-corrected chi connectivity index (χ3v) is 3.42. The Kier molecular flexibility index (Phi) is 4.11. The minimum absolute atomic E-state index is 0.238. The Labute approximate surface area is 115 Å². The van der Waals surface area contributed by atoms with Crippen LogP contribution in [-0.2, 0) is 4.79 Å². The molecule has 100 valence electrons. The summed E-state index contributed by atoms with van der Waals surface area (Å²) in [6.45, 7) is 5.69. The minimum atomic E-state index is -0.593. The van der Waals surface area contributed by atoms with Crippen molar-refractivity contribution in [1.29, 1.82) is 0 Å². The fourth-order valence-electron chi connectivity index (χ4n) is 1.53. The van der Waals surface area contributed by atoms with Gasteiger partial charge in [-0.05, 0) is 38.0 Å². The molecule has 19 heavy (non-hydrogen) atoms. The first-order valence-corrected chi connectivity index (χ1v) is 6.76. The fourth-order valence-corrected chi connectivity index (χ4v) is 1.98. The van der Waals surface area contributed by atoms with E-state index in [1.54, 1.807) is 12.4 Å². The van der Waals surface area contributed by atoms with Crippen molar-refractivity contribution in [2.75, 3.05) is 5.32 Å². The molecule has 0 saturated heterocycles. The zero-order valence-electron chi connectivity index (χ0n) is 11.0. The highest BCUT2D eigenvalue weighted by atomic mass is 32.1. The van der Waals surface area contributed by atoms with Crippen molar-refractivity contribution in [1.82, 2.24) is 10.2 Å². The number of amides is 1. The average Bonchev–Trinajstić information content (AvgIpc) is 2.87. The summed E-state index contributed by atoms with van der Waals surface area (Å²) < 4.78 is 5.68. The summed E-state index contributed by atoms with van der Waals surface area (Å²) >= 11 is 1.27. The van der Waals surface area contributed by atoms with Gasteiger partial charge in [-0.25, -0.2) is 0 Å². The highest BCUT2D eigenvalue weighted by molar-refractivity contribution is 7.13. The maximum atomic E-state index is 11.9. The minimum Gasteiger partial charge on any atom is -0.481 e. The number of nitrogens with zero attached hydrogens (tertiary/aromatic N) is 2. The summed E-state index contributed by atoms with van der Waals surface area (Å²) in [4.78, 5) is 11.9. The monoisotopic (exact) mass is 277 g/mol. The van der Waals surface area contributed by atoms with Crippen LogP contribution in [0.3, 0.4) is 0 Å². The maximum Gasteiger partial charge on any atom is 0.266 e. The third kappa shape index (κ3) is 3.29. The second-order valence-corrected chi connectivity index (χ2v) is 5.02. The molecule has 0 radical (unpaired) electrons. The molecule has 2 aromatic rings. The Morgan fingerprint density at radius 3 is 2.89 bits per heavy atom. The summed E-state index contributed by atoms with van der Waals surface area (Å²) in [5.41, 5.74) is 3.73. The van der Waals surface area contributed by atoms with Crippen LogP contribution in [0.15, 0.2) is 23.7 Å². The molecule has 1 heterocycles. The lowest BCUT2D eigenvalue weighted by molar-refractivity contribution is -0.122. The normalized spacial score (nSPS) is 11.9. The first-order chi connectivity index (χ1) is 9.08. The van der Waals surface area contributed by atoms with Crippen molar-refractivity contribution < 1.29 is 9.53 Å². The second-order valence-electron chi connectivity index (χ2n) is 4.19. The number of aryl methyl sites for hydroxylation is 1. The van der Waals surface area contributed by atoms with Gasteiger partial charge in [-0.2, -0.15) is 0 Å². The highest BCUT2D eigenvalue weighted by Gasteiger charge is 2.17. The topological polar surface area (TPSA) is 64.1 Å². The quantitative estimate of drug-likeness (QED) is 0.932. The van der Waals surface area contributed by atoms with Crippen LogP contribution in [0.1, 0.15) is 18.1 Å². The first-order valence-electron chi connectivity index (χ1n) is 5.88. The van der Waals surface area contributed by atoms with Gasteiger partial charge in [0, 0.05) is 0 Å². The maximum absolute atomic E-state index is 11.9. The van der Waals surface area contributed by atoms with Gasteiger partial charge in [0.1, 0.15) is 11.3 Å². The van der Waals surface area contributed by atoms with Crippen molar-refractivity contribution in [3.05, 3.63) is 34.8 Å². The molecule has 0 aliphatic rings. The number of hydrogen-bond donors (Lipinski definition) is 1. The molecule has 1 aromatic heterocycles. The molecule has 0 aliphatic carbocycles. The van der Waals surface area contributed by atoms with Crippen molar-refractivity contribution in [2.45, 2.75) is 26.9 Å². The van der Waals surface area contributed by atoms with Crippen LogP contribution in [0.2, 0.25) is 0 Å². The SMILES string of the molecule is Cc1cccc(OC(C)C(=O)Nc2nncs2)c1C. The second kappa shape index (κ2) is 5.79. The number of carbonyl (C=O) groups is 1. The third-order valence-electron chi connectivity index (χ3n) is 2.82. The van der Waals surface area contributed by atoms with Gasteiger partial charge < -0.3 is 4.74 Å². The number of hydrogen-bond acceptors (Lipinski definition) is 5. The summed E-state index contributed by atoms with van der Waals surface area (Å²) in [7, 11) is 0. The van der Waals surface area contributed by atoms with E-state index in [1.165, 1.54) is 11.3 Å². The first kappa shape index (κ1) is 13.5. The van der Waals surface area contributed by atoms with E-state index >= 15 is 0 Å². The number of nitrogens with one attached hydrogen (secondary N) is 1. The molecule has 0 aliphatic heterocycles. The van der Waals surface area contributed by atoms with Crippen molar-refractivity contribution in [3.8, 4) is 5.75 Å². The molecule has 1 N–H and O–H groups in total. The summed E-state index contributed by atoms with van der Waals surface area (Å²) in [6.07, 6.45) is -0.593. The van der Waals surface area contributed by atoms with E-state index in [1.807, 2.05) is 32.0 Å². The Morgan fingerprint density at radius 2 is 2.21 bits per heavy atom. The lowest BCUT2D eigenvalue weighted by Gasteiger charge is -2.16. The van der Waals surface area contributed by atoms with E-state index in [0.717, 1.165) is 16.9 Å². The van der Waals surface area contributed by atoms with E-state index in [-0.39, 0.29) is 5.91 Å². The van der Waals surface area contributed by atoms with E-state index in [4.69, 9.17) is 4.74 Å². The van der Waals surface area contributed by atoms with Gasteiger partial charge in [0.15, 0.2) is 6.10 Å². The molecule has 2 rings (SSSR count). The fraction of sp³-hybridized carbons (Fsp3) is 0.308. The Morgan fingerprint density at radius 1 is 1.42 bits per heavy atom. The number of benzene rings is 1. The van der Waals surface area contributed by atoms with Crippen LogP contribution in [0.25, 0.3) is 0 Å². The number of rotatable bonds is 4. The molecule has 0 bridgehead atoms. The highest BCUT2D eigenvalue weighted by Crippen LogP contribution is 2.22. The molecular weight excluding hydrogens is 262 g/mol. The van der Waals surface area contributed by atoms with Gasteiger partial charge in [-0.3, -0.25) is 10.1 Å². The molecular formula is C13H15N3O2S. The molecule has 0 fully saturated rings. The zero-order chi connectivity index (χ0) is 13.8. The van der Waals surface area contributed by atoms with Gasteiger partial charge in [-0.15, -0.1) is 10.2 Å². The van der Waals surface area contributed by atoms with E-state index in [0.29, 0.717) is 5.13 Å². The van der Waals surface area contributed by atoms with Crippen LogP contribution in [0, 0.1) is 13.8 Å². The van der Waals surface area contributed by atoms with Gasteiger partial charge >= 0.3 is 0 Å². The molecule has 5 nitrogen and oxygen atoms in total. The standard InChI is InChI=1S/C13H15N3O2S/c1-8-5-4-6-11(9(8)2)18-10(3)12(17)15-13-16-14-7-19-13/h4-7,10H,1-3H3,(H,15,16,17). The number of anilines is 1. The van der Waals surface area contributed by atoms with E-state index < -0.39 is 6.10 Å². The summed E-state index contributed by atoms with van der Waals surface area (Å²) in [5.74, 6) is 0.484. The number of ether oxygens (including phenoxy) is 1. The molecule has 1 atom stereocenters. The number of carbonyl (C=O) groups excluding carboxylic acids is 1. The lowest BCUT2D eigenvalue weighted by atomic mass is 10.1. The molecule has 1 amide bonds.